The highest BCUT2D eigenvalue weighted by Gasteiger charge is 2.34. The van der Waals surface area contributed by atoms with Crippen LogP contribution < -0.4 is 5.32 Å². The third-order valence-electron chi connectivity index (χ3n) is 5.52. The van der Waals surface area contributed by atoms with E-state index in [1.165, 1.54) is 12.1 Å². The summed E-state index contributed by atoms with van der Waals surface area (Å²) in [5.41, 5.74) is 1.89. The van der Waals surface area contributed by atoms with Crippen molar-refractivity contribution in [2.75, 3.05) is 19.8 Å². The number of hydrogen-bond donors (Lipinski definition) is 1. The van der Waals surface area contributed by atoms with Crippen LogP contribution in [0.4, 0.5) is 4.39 Å². The number of para-hydroxylation sites is 1. The Morgan fingerprint density at radius 2 is 1.81 bits per heavy atom. The largest absolute Gasteiger partial charge is 0.381 e. The van der Waals surface area contributed by atoms with Crippen LogP contribution in [-0.2, 0) is 21.5 Å². The number of aromatic nitrogens is 1. The van der Waals surface area contributed by atoms with Crippen molar-refractivity contribution in [1.82, 2.24) is 9.88 Å². The van der Waals surface area contributed by atoms with Crippen molar-refractivity contribution in [2.24, 2.45) is 0 Å². The molecule has 1 saturated heterocycles. The molecule has 0 saturated carbocycles. The maximum absolute atomic E-state index is 13.3. The van der Waals surface area contributed by atoms with Crippen LogP contribution in [0, 0.1) is 5.82 Å². The van der Waals surface area contributed by atoms with Crippen molar-refractivity contribution in [3.8, 4) is 0 Å². The second-order valence-corrected chi connectivity index (χ2v) is 7.18. The molecule has 0 radical (unpaired) electrons. The van der Waals surface area contributed by atoms with Crippen molar-refractivity contribution in [1.29, 1.82) is 0 Å². The molecule has 3 aromatic rings. The van der Waals surface area contributed by atoms with Gasteiger partial charge in [0, 0.05) is 36.9 Å². The number of fused-ring (bicyclic) bond motifs is 1. The van der Waals surface area contributed by atoms with E-state index in [1.807, 2.05) is 53.2 Å². The van der Waals surface area contributed by atoms with Crippen LogP contribution in [0.2, 0.25) is 0 Å². The standard InChI is InChI=1S/C22H23FN2O2/c23-19-7-5-18(6-8-19)22(10-13-27-14-11-22)16-24-21(26)15-25-12-9-17-3-1-2-4-20(17)25/h1-9,12H,10-11,13-16H2,(H,24,26). The van der Waals surface area contributed by atoms with Crippen molar-refractivity contribution < 1.29 is 13.9 Å². The van der Waals surface area contributed by atoms with Crippen molar-refractivity contribution in [3.63, 3.8) is 0 Å². The van der Waals surface area contributed by atoms with E-state index in [2.05, 4.69) is 5.32 Å². The topological polar surface area (TPSA) is 43.3 Å². The van der Waals surface area contributed by atoms with Crippen LogP contribution in [0.15, 0.2) is 60.8 Å². The van der Waals surface area contributed by atoms with Crippen LogP contribution >= 0.6 is 0 Å². The number of carbonyl (C=O) groups is 1. The number of hydrogen-bond acceptors (Lipinski definition) is 2. The first-order valence-corrected chi connectivity index (χ1v) is 9.31. The van der Waals surface area contributed by atoms with Crippen molar-refractivity contribution in [3.05, 3.63) is 72.2 Å². The lowest BCUT2D eigenvalue weighted by molar-refractivity contribution is -0.122. The molecule has 1 aliphatic heterocycles. The minimum absolute atomic E-state index is 0.0238. The van der Waals surface area contributed by atoms with Gasteiger partial charge in [-0.1, -0.05) is 30.3 Å². The zero-order valence-corrected chi connectivity index (χ0v) is 15.2. The lowest BCUT2D eigenvalue weighted by Crippen LogP contribution is -2.45. The number of ether oxygens (including phenoxy) is 1. The molecule has 1 fully saturated rings. The summed E-state index contributed by atoms with van der Waals surface area (Å²) in [6.07, 6.45) is 3.56. The summed E-state index contributed by atoms with van der Waals surface area (Å²) in [5, 5.41) is 4.22. The highest BCUT2D eigenvalue weighted by atomic mass is 19.1. The van der Waals surface area contributed by atoms with E-state index in [1.54, 1.807) is 0 Å². The highest BCUT2D eigenvalue weighted by molar-refractivity contribution is 5.83. The summed E-state index contributed by atoms with van der Waals surface area (Å²) in [5.74, 6) is -0.270. The molecule has 0 spiro atoms. The first-order valence-electron chi connectivity index (χ1n) is 9.31. The van der Waals surface area contributed by atoms with E-state index in [-0.39, 0.29) is 23.7 Å². The van der Waals surface area contributed by atoms with Gasteiger partial charge in [-0.05, 0) is 48.1 Å². The minimum Gasteiger partial charge on any atom is -0.381 e. The summed E-state index contributed by atoms with van der Waals surface area (Å²) < 4.78 is 20.8. The van der Waals surface area contributed by atoms with Crippen molar-refractivity contribution >= 4 is 16.8 Å². The third-order valence-corrected chi connectivity index (χ3v) is 5.52. The third kappa shape index (κ3) is 3.74. The maximum Gasteiger partial charge on any atom is 0.239 e. The maximum atomic E-state index is 13.3. The highest BCUT2D eigenvalue weighted by Crippen LogP contribution is 2.34. The molecule has 0 unspecified atom stereocenters. The molecule has 4 rings (SSSR count). The van der Waals surface area contributed by atoms with Crippen molar-refractivity contribution in [2.45, 2.75) is 24.8 Å². The van der Waals surface area contributed by atoms with Gasteiger partial charge < -0.3 is 14.6 Å². The number of rotatable bonds is 5. The van der Waals surface area contributed by atoms with Gasteiger partial charge in [0.1, 0.15) is 12.4 Å². The smallest absolute Gasteiger partial charge is 0.239 e. The predicted molar refractivity (Wildman–Crippen MR) is 103 cm³/mol. The van der Waals surface area contributed by atoms with Gasteiger partial charge in [0.25, 0.3) is 0 Å². The Morgan fingerprint density at radius 3 is 2.59 bits per heavy atom. The number of carbonyl (C=O) groups excluding carboxylic acids is 1. The van der Waals surface area contributed by atoms with Gasteiger partial charge in [-0.15, -0.1) is 0 Å². The lowest BCUT2D eigenvalue weighted by Gasteiger charge is -2.38. The fourth-order valence-corrected chi connectivity index (χ4v) is 3.89. The van der Waals surface area contributed by atoms with Gasteiger partial charge >= 0.3 is 0 Å². The molecule has 1 N–H and O–H groups in total. The molecule has 1 amide bonds. The fourth-order valence-electron chi connectivity index (χ4n) is 3.89. The number of amides is 1. The Kier molecular flexibility index (Phi) is 4.94. The van der Waals surface area contributed by atoms with Gasteiger partial charge in [0.15, 0.2) is 0 Å². The minimum atomic E-state index is -0.246. The molecule has 27 heavy (non-hydrogen) atoms. The Labute approximate surface area is 157 Å². The molecular weight excluding hydrogens is 343 g/mol. The van der Waals surface area contributed by atoms with Crippen LogP contribution in [0.1, 0.15) is 18.4 Å². The number of benzene rings is 2. The summed E-state index contributed by atoms with van der Waals surface area (Å²) >= 11 is 0. The quantitative estimate of drug-likeness (QED) is 0.749. The summed E-state index contributed by atoms with van der Waals surface area (Å²) in [6, 6.07) is 16.7. The van der Waals surface area contributed by atoms with Crippen LogP contribution in [0.3, 0.4) is 0 Å². The molecule has 0 atom stereocenters. The van der Waals surface area contributed by atoms with E-state index in [0.29, 0.717) is 19.8 Å². The fraction of sp³-hybridized carbons (Fsp3) is 0.318. The van der Waals surface area contributed by atoms with E-state index in [4.69, 9.17) is 4.74 Å². The van der Waals surface area contributed by atoms with E-state index in [0.717, 1.165) is 29.3 Å². The van der Waals surface area contributed by atoms with Gasteiger partial charge in [-0.3, -0.25) is 4.79 Å². The monoisotopic (exact) mass is 366 g/mol. The Bertz CT molecular complexity index is 927. The average molecular weight is 366 g/mol. The van der Waals surface area contributed by atoms with Crippen LogP contribution in [-0.4, -0.2) is 30.2 Å². The van der Waals surface area contributed by atoms with Crippen LogP contribution in [0.25, 0.3) is 10.9 Å². The summed E-state index contributed by atoms with van der Waals surface area (Å²) in [6.45, 7) is 2.11. The molecule has 2 aromatic carbocycles. The second-order valence-electron chi connectivity index (χ2n) is 7.18. The molecule has 0 bridgehead atoms. The predicted octanol–water partition coefficient (Wildman–Crippen LogP) is 3.65. The van der Waals surface area contributed by atoms with Gasteiger partial charge in [-0.25, -0.2) is 4.39 Å². The SMILES string of the molecule is O=C(Cn1ccc2ccccc21)NCC1(c2ccc(F)cc2)CCOCC1. The Balaban J connectivity index is 1.47. The molecular formula is C22H23FN2O2. The van der Waals surface area contributed by atoms with E-state index in [9.17, 15) is 9.18 Å². The zero-order valence-electron chi connectivity index (χ0n) is 15.2. The molecule has 0 aliphatic carbocycles. The molecule has 1 aromatic heterocycles. The summed E-state index contributed by atoms with van der Waals surface area (Å²) in [7, 11) is 0. The van der Waals surface area contributed by atoms with Crippen LogP contribution in [0.5, 0.6) is 0 Å². The second kappa shape index (κ2) is 7.53. The molecule has 5 heteroatoms. The van der Waals surface area contributed by atoms with E-state index >= 15 is 0 Å². The number of nitrogens with one attached hydrogen (secondary N) is 1. The average Bonchev–Trinajstić information content (AvgIpc) is 3.11. The number of halogens is 1. The van der Waals surface area contributed by atoms with E-state index < -0.39 is 0 Å². The van der Waals surface area contributed by atoms with Gasteiger partial charge in [0.2, 0.25) is 5.91 Å². The zero-order chi connectivity index (χ0) is 18.7. The normalized spacial score (nSPS) is 16.3. The first-order chi connectivity index (χ1) is 13.2. The number of nitrogens with zero attached hydrogens (tertiary/aromatic N) is 1. The lowest BCUT2D eigenvalue weighted by atomic mass is 9.74. The molecule has 4 nitrogen and oxygen atoms in total. The molecule has 140 valence electrons. The Hall–Kier alpha value is -2.66. The Morgan fingerprint density at radius 1 is 1.07 bits per heavy atom. The summed E-state index contributed by atoms with van der Waals surface area (Å²) in [4.78, 5) is 12.6. The molecule has 1 aliphatic rings. The van der Waals surface area contributed by atoms with Gasteiger partial charge in [0.05, 0.1) is 0 Å². The first kappa shape index (κ1) is 17.7. The van der Waals surface area contributed by atoms with Gasteiger partial charge in [-0.2, -0.15) is 0 Å². The molecule has 2 heterocycles.